The van der Waals surface area contributed by atoms with Gasteiger partial charge in [0.15, 0.2) is 11.0 Å². The quantitative estimate of drug-likeness (QED) is 0.537. The summed E-state index contributed by atoms with van der Waals surface area (Å²) in [7, 11) is 2.09. The number of allylic oxidation sites excluding steroid dienone is 1. The fraction of sp³-hybridized carbons (Fsp3) is 0.500. The smallest absolute Gasteiger partial charge is 0.233 e. The molecule has 1 aliphatic heterocycles. The van der Waals surface area contributed by atoms with Crippen molar-refractivity contribution in [2.75, 3.05) is 39.0 Å². The number of rotatable bonds is 6. The molecule has 1 saturated heterocycles. The van der Waals surface area contributed by atoms with E-state index in [9.17, 15) is 4.79 Å². The lowest BCUT2D eigenvalue weighted by atomic mass is 9.87. The minimum absolute atomic E-state index is 0.109. The molecular weight excluding hydrogens is 382 g/mol. The predicted molar refractivity (Wildman–Crippen MR) is 119 cm³/mol. The molecule has 0 N–H and O–H groups in total. The van der Waals surface area contributed by atoms with E-state index in [1.807, 2.05) is 15.5 Å². The first-order valence-corrected chi connectivity index (χ1v) is 11.0. The third-order valence-corrected chi connectivity index (χ3v) is 6.17. The van der Waals surface area contributed by atoms with E-state index < -0.39 is 0 Å². The van der Waals surface area contributed by atoms with Crippen molar-refractivity contribution in [2.45, 2.75) is 37.9 Å². The number of carbonyl (C=O) groups is 1. The molecule has 1 amide bonds. The maximum atomic E-state index is 12.6. The molecule has 6 nitrogen and oxygen atoms in total. The summed E-state index contributed by atoms with van der Waals surface area (Å²) in [6.45, 7) is 14.5. The molecule has 0 atom stereocenters. The standard InChI is InChI=1S/C22H31N5OS/c1-6-11-27-20(17-7-9-18(10-8-17)22(2,3)4)23-24-21(27)29-16-19(28)26-14-12-25(5)13-15-26/h6-10H,1,11-16H2,2-5H3. The Balaban J connectivity index is 1.73. The molecule has 2 aromatic rings. The number of nitrogens with zero attached hydrogens (tertiary/aromatic N) is 5. The fourth-order valence-corrected chi connectivity index (χ4v) is 4.15. The zero-order valence-electron chi connectivity index (χ0n) is 17.9. The van der Waals surface area contributed by atoms with Crippen molar-refractivity contribution in [3.05, 3.63) is 42.5 Å². The predicted octanol–water partition coefficient (Wildman–Crippen LogP) is 3.29. The van der Waals surface area contributed by atoms with E-state index in [4.69, 9.17) is 0 Å². The monoisotopic (exact) mass is 413 g/mol. The van der Waals surface area contributed by atoms with Crippen molar-refractivity contribution >= 4 is 17.7 Å². The van der Waals surface area contributed by atoms with E-state index in [0.29, 0.717) is 12.3 Å². The van der Waals surface area contributed by atoms with Gasteiger partial charge in [0, 0.05) is 38.3 Å². The van der Waals surface area contributed by atoms with E-state index in [1.165, 1.54) is 17.3 Å². The average Bonchev–Trinajstić information content (AvgIpc) is 3.09. The Kier molecular flexibility index (Phi) is 6.80. The average molecular weight is 414 g/mol. The second-order valence-electron chi connectivity index (χ2n) is 8.51. The third-order valence-electron chi connectivity index (χ3n) is 5.22. The number of hydrogen-bond acceptors (Lipinski definition) is 5. The molecule has 0 aliphatic carbocycles. The van der Waals surface area contributed by atoms with Crippen LogP contribution in [0.1, 0.15) is 26.3 Å². The molecule has 0 radical (unpaired) electrons. The highest BCUT2D eigenvalue weighted by Crippen LogP contribution is 2.28. The second-order valence-corrected chi connectivity index (χ2v) is 9.45. The molecule has 29 heavy (non-hydrogen) atoms. The molecule has 1 aliphatic rings. The Morgan fingerprint density at radius 2 is 1.79 bits per heavy atom. The van der Waals surface area contributed by atoms with Gasteiger partial charge in [0.05, 0.1) is 5.75 Å². The number of piperazine rings is 1. The van der Waals surface area contributed by atoms with Crippen molar-refractivity contribution in [3.63, 3.8) is 0 Å². The lowest BCUT2D eigenvalue weighted by Crippen LogP contribution is -2.47. The zero-order chi connectivity index (χ0) is 21.0. The summed E-state index contributed by atoms with van der Waals surface area (Å²) < 4.78 is 2.03. The molecule has 1 aromatic carbocycles. The van der Waals surface area contributed by atoms with E-state index in [1.54, 1.807) is 0 Å². The molecular formula is C22H31N5OS. The molecule has 3 rings (SSSR count). The SMILES string of the molecule is C=CCn1c(SCC(=O)N2CCN(C)CC2)nnc1-c1ccc(C(C)(C)C)cc1. The summed E-state index contributed by atoms with van der Waals surface area (Å²) >= 11 is 1.45. The summed E-state index contributed by atoms with van der Waals surface area (Å²) in [6.07, 6.45) is 1.84. The van der Waals surface area contributed by atoms with Crippen LogP contribution in [0.3, 0.4) is 0 Å². The number of carbonyl (C=O) groups excluding carboxylic acids is 1. The van der Waals surface area contributed by atoms with Gasteiger partial charge in [-0.3, -0.25) is 9.36 Å². The number of benzene rings is 1. The Morgan fingerprint density at radius 3 is 2.38 bits per heavy atom. The second kappa shape index (κ2) is 9.13. The van der Waals surface area contributed by atoms with Gasteiger partial charge in [-0.2, -0.15) is 0 Å². The van der Waals surface area contributed by atoms with Crippen molar-refractivity contribution < 1.29 is 4.79 Å². The first kappa shape index (κ1) is 21.6. The van der Waals surface area contributed by atoms with Crippen molar-refractivity contribution in [1.82, 2.24) is 24.6 Å². The number of thioether (sulfide) groups is 1. The van der Waals surface area contributed by atoms with Crippen LogP contribution in [0.5, 0.6) is 0 Å². The van der Waals surface area contributed by atoms with Gasteiger partial charge in [-0.25, -0.2) is 0 Å². The maximum absolute atomic E-state index is 12.6. The van der Waals surface area contributed by atoms with Crippen molar-refractivity contribution in [3.8, 4) is 11.4 Å². The van der Waals surface area contributed by atoms with Crippen LogP contribution in [0.15, 0.2) is 42.1 Å². The fourth-order valence-electron chi connectivity index (χ4n) is 3.30. The van der Waals surface area contributed by atoms with E-state index in [2.05, 4.69) is 73.8 Å². The highest BCUT2D eigenvalue weighted by molar-refractivity contribution is 7.99. The van der Waals surface area contributed by atoms with Crippen LogP contribution in [0.2, 0.25) is 0 Å². The topological polar surface area (TPSA) is 54.3 Å². The molecule has 2 heterocycles. The Labute approximate surface area is 178 Å². The molecule has 7 heteroatoms. The third kappa shape index (κ3) is 5.28. The lowest BCUT2D eigenvalue weighted by molar-refractivity contribution is -0.129. The summed E-state index contributed by atoms with van der Waals surface area (Å²) in [5.41, 5.74) is 2.41. The molecule has 1 aromatic heterocycles. The number of hydrogen-bond donors (Lipinski definition) is 0. The van der Waals surface area contributed by atoms with Gasteiger partial charge in [0.25, 0.3) is 0 Å². The number of likely N-dealkylation sites (N-methyl/N-ethyl adjacent to an activating group) is 1. The van der Waals surface area contributed by atoms with E-state index in [0.717, 1.165) is 42.7 Å². The lowest BCUT2D eigenvalue weighted by Gasteiger charge is -2.32. The van der Waals surface area contributed by atoms with Crippen LogP contribution in [0.4, 0.5) is 0 Å². The molecule has 156 valence electrons. The maximum Gasteiger partial charge on any atom is 0.233 e. The van der Waals surface area contributed by atoms with Crippen LogP contribution in [0.25, 0.3) is 11.4 Å². The summed E-state index contributed by atoms with van der Waals surface area (Å²) in [4.78, 5) is 16.7. The highest BCUT2D eigenvalue weighted by atomic mass is 32.2. The largest absolute Gasteiger partial charge is 0.339 e. The van der Waals surface area contributed by atoms with Crippen molar-refractivity contribution in [2.24, 2.45) is 0 Å². The molecule has 1 fully saturated rings. The minimum atomic E-state index is 0.109. The van der Waals surface area contributed by atoms with Gasteiger partial charge >= 0.3 is 0 Å². The van der Waals surface area contributed by atoms with Gasteiger partial charge in [-0.05, 0) is 18.0 Å². The minimum Gasteiger partial charge on any atom is -0.339 e. The first-order valence-electron chi connectivity index (χ1n) is 10.0. The number of amides is 1. The zero-order valence-corrected chi connectivity index (χ0v) is 18.7. The molecule has 0 unspecified atom stereocenters. The molecule has 0 spiro atoms. The van der Waals surface area contributed by atoms with E-state index in [-0.39, 0.29) is 11.3 Å². The number of aromatic nitrogens is 3. The van der Waals surface area contributed by atoms with Gasteiger partial charge in [-0.15, -0.1) is 16.8 Å². The summed E-state index contributed by atoms with van der Waals surface area (Å²) in [5, 5.41) is 9.52. The van der Waals surface area contributed by atoms with Crippen LogP contribution in [-0.2, 0) is 16.8 Å². The van der Waals surface area contributed by atoms with Crippen LogP contribution in [-0.4, -0.2) is 69.5 Å². The summed E-state index contributed by atoms with van der Waals surface area (Å²) in [6, 6.07) is 8.47. The van der Waals surface area contributed by atoms with Crippen LogP contribution in [0, 0.1) is 0 Å². The Morgan fingerprint density at radius 1 is 1.14 bits per heavy atom. The molecule has 0 saturated carbocycles. The van der Waals surface area contributed by atoms with Gasteiger partial charge in [0.2, 0.25) is 5.91 Å². The Bertz CT molecular complexity index is 845. The van der Waals surface area contributed by atoms with Gasteiger partial charge < -0.3 is 9.80 Å². The molecule has 0 bridgehead atoms. The Hall–Kier alpha value is -2.12. The summed E-state index contributed by atoms with van der Waals surface area (Å²) in [5.74, 6) is 1.34. The van der Waals surface area contributed by atoms with Crippen LogP contribution >= 0.6 is 11.8 Å². The van der Waals surface area contributed by atoms with Crippen molar-refractivity contribution in [1.29, 1.82) is 0 Å². The van der Waals surface area contributed by atoms with Crippen LogP contribution < -0.4 is 0 Å². The van der Waals surface area contributed by atoms with E-state index >= 15 is 0 Å². The normalized spacial score (nSPS) is 15.5. The highest BCUT2D eigenvalue weighted by Gasteiger charge is 2.21. The first-order chi connectivity index (χ1) is 13.8. The van der Waals surface area contributed by atoms with Gasteiger partial charge in [0.1, 0.15) is 0 Å². The van der Waals surface area contributed by atoms with Gasteiger partial charge in [-0.1, -0.05) is 62.9 Å².